The molecule has 20 heavy (non-hydrogen) atoms. The predicted octanol–water partition coefficient (Wildman–Crippen LogP) is 4.70. The van der Waals surface area contributed by atoms with Gasteiger partial charge in [-0.1, -0.05) is 39.7 Å². The lowest BCUT2D eigenvalue weighted by molar-refractivity contribution is 0.228. The summed E-state index contributed by atoms with van der Waals surface area (Å²) in [5, 5.41) is 3.40. The largest absolute Gasteiger partial charge is 0.316 e. The van der Waals surface area contributed by atoms with Crippen molar-refractivity contribution in [1.29, 1.82) is 0 Å². The van der Waals surface area contributed by atoms with Gasteiger partial charge in [0.2, 0.25) is 0 Å². The number of hydrogen-bond donors (Lipinski definition) is 1. The molecule has 1 rings (SSSR count). The average molecular weight is 283 g/mol. The second-order valence-corrected chi connectivity index (χ2v) is 5.65. The van der Waals surface area contributed by atoms with Crippen LogP contribution in [0.3, 0.4) is 0 Å². The lowest BCUT2D eigenvalue weighted by Gasteiger charge is -2.33. The number of unbranched alkanes of at least 4 members (excludes halogenated alkanes) is 1. The van der Waals surface area contributed by atoms with Crippen molar-refractivity contribution in [3.05, 3.63) is 35.4 Å². The molecular formula is C17H27F2N. The zero-order valence-electron chi connectivity index (χ0n) is 12.9. The van der Waals surface area contributed by atoms with Gasteiger partial charge in [-0.2, -0.15) is 0 Å². The van der Waals surface area contributed by atoms with E-state index < -0.39 is 11.6 Å². The number of halogens is 2. The van der Waals surface area contributed by atoms with Gasteiger partial charge in [0.25, 0.3) is 0 Å². The van der Waals surface area contributed by atoms with Crippen LogP contribution >= 0.6 is 0 Å². The molecule has 0 fully saturated rings. The Morgan fingerprint density at radius 3 is 2.45 bits per heavy atom. The molecule has 1 nitrogen and oxygen atoms in total. The Labute approximate surface area is 121 Å². The second kappa shape index (κ2) is 8.35. The standard InChI is InChI=1S/C17H27F2N/c1-4-7-10-17(5-2,13-20-6-3)12-14-8-9-15(18)11-16(14)19/h8-9,11,20H,4-7,10,12-13H2,1-3H3. The third-order valence-electron chi connectivity index (χ3n) is 4.14. The predicted molar refractivity (Wildman–Crippen MR) is 80.9 cm³/mol. The fourth-order valence-corrected chi connectivity index (χ4v) is 2.68. The highest BCUT2D eigenvalue weighted by atomic mass is 19.1. The van der Waals surface area contributed by atoms with Gasteiger partial charge in [0, 0.05) is 12.6 Å². The van der Waals surface area contributed by atoms with Gasteiger partial charge in [-0.15, -0.1) is 0 Å². The first-order valence-corrected chi connectivity index (χ1v) is 7.71. The van der Waals surface area contributed by atoms with Gasteiger partial charge in [-0.25, -0.2) is 8.78 Å². The molecule has 0 spiro atoms. The Morgan fingerprint density at radius 2 is 1.90 bits per heavy atom. The molecule has 0 saturated heterocycles. The summed E-state index contributed by atoms with van der Waals surface area (Å²) in [4.78, 5) is 0. The topological polar surface area (TPSA) is 12.0 Å². The van der Waals surface area contributed by atoms with E-state index in [0.717, 1.165) is 44.8 Å². The van der Waals surface area contributed by atoms with Crippen molar-refractivity contribution in [3.8, 4) is 0 Å². The van der Waals surface area contributed by atoms with Crippen molar-refractivity contribution >= 4 is 0 Å². The van der Waals surface area contributed by atoms with Gasteiger partial charge in [-0.05, 0) is 42.9 Å². The smallest absolute Gasteiger partial charge is 0.129 e. The molecule has 0 aliphatic rings. The minimum Gasteiger partial charge on any atom is -0.316 e. The molecule has 1 N–H and O–H groups in total. The average Bonchev–Trinajstić information content (AvgIpc) is 2.45. The zero-order valence-corrected chi connectivity index (χ0v) is 12.9. The highest BCUT2D eigenvalue weighted by Gasteiger charge is 2.28. The van der Waals surface area contributed by atoms with E-state index >= 15 is 0 Å². The first-order valence-electron chi connectivity index (χ1n) is 7.71. The van der Waals surface area contributed by atoms with Gasteiger partial charge in [0.15, 0.2) is 0 Å². The summed E-state index contributed by atoms with van der Waals surface area (Å²) in [6.07, 6.45) is 5.02. The quantitative estimate of drug-likeness (QED) is 0.692. The molecule has 1 atom stereocenters. The number of rotatable bonds is 9. The summed E-state index contributed by atoms with van der Waals surface area (Å²) in [5.74, 6) is -0.926. The summed E-state index contributed by atoms with van der Waals surface area (Å²) in [6.45, 7) is 8.22. The Hall–Kier alpha value is -0.960. The lowest BCUT2D eigenvalue weighted by Crippen LogP contribution is -2.36. The third kappa shape index (κ3) is 4.86. The SMILES string of the molecule is CCCCC(CC)(CNCC)Cc1ccc(F)cc1F. The van der Waals surface area contributed by atoms with E-state index in [1.807, 2.05) is 0 Å². The Balaban J connectivity index is 2.90. The first kappa shape index (κ1) is 17.1. The van der Waals surface area contributed by atoms with E-state index in [1.54, 1.807) is 6.07 Å². The summed E-state index contributed by atoms with van der Waals surface area (Å²) < 4.78 is 26.9. The minimum absolute atomic E-state index is 0.0602. The molecule has 0 heterocycles. The van der Waals surface area contributed by atoms with Crippen molar-refractivity contribution in [2.75, 3.05) is 13.1 Å². The molecule has 3 heteroatoms. The van der Waals surface area contributed by atoms with Crippen LogP contribution in [0.1, 0.15) is 52.0 Å². The normalized spacial score (nSPS) is 14.2. The van der Waals surface area contributed by atoms with Crippen molar-refractivity contribution in [2.24, 2.45) is 5.41 Å². The van der Waals surface area contributed by atoms with Crippen LogP contribution in [-0.2, 0) is 6.42 Å². The van der Waals surface area contributed by atoms with Crippen molar-refractivity contribution in [3.63, 3.8) is 0 Å². The van der Waals surface area contributed by atoms with Crippen molar-refractivity contribution in [1.82, 2.24) is 5.32 Å². The van der Waals surface area contributed by atoms with Crippen LogP contribution in [0.5, 0.6) is 0 Å². The van der Waals surface area contributed by atoms with Crippen LogP contribution in [0.25, 0.3) is 0 Å². The molecule has 0 aliphatic heterocycles. The number of benzene rings is 1. The van der Waals surface area contributed by atoms with Crippen LogP contribution < -0.4 is 5.32 Å². The van der Waals surface area contributed by atoms with E-state index in [4.69, 9.17) is 0 Å². The summed E-state index contributed by atoms with van der Waals surface area (Å²) in [7, 11) is 0. The van der Waals surface area contributed by atoms with Crippen LogP contribution in [0.15, 0.2) is 18.2 Å². The fraction of sp³-hybridized carbons (Fsp3) is 0.647. The number of nitrogens with one attached hydrogen (secondary N) is 1. The Kier molecular flexibility index (Phi) is 7.14. The summed E-state index contributed by atoms with van der Waals surface area (Å²) in [6, 6.07) is 3.93. The highest BCUT2D eigenvalue weighted by Crippen LogP contribution is 2.33. The second-order valence-electron chi connectivity index (χ2n) is 5.65. The van der Waals surface area contributed by atoms with Crippen LogP contribution in [0, 0.1) is 17.0 Å². The maximum Gasteiger partial charge on any atom is 0.129 e. The van der Waals surface area contributed by atoms with E-state index in [1.165, 1.54) is 6.07 Å². The molecule has 0 radical (unpaired) electrons. The molecule has 0 aliphatic carbocycles. The fourth-order valence-electron chi connectivity index (χ4n) is 2.68. The Bertz CT molecular complexity index is 396. The monoisotopic (exact) mass is 283 g/mol. The molecule has 114 valence electrons. The van der Waals surface area contributed by atoms with Crippen LogP contribution in [0.4, 0.5) is 8.78 Å². The molecule has 1 aromatic carbocycles. The first-order chi connectivity index (χ1) is 9.56. The Morgan fingerprint density at radius 1 is 1.15 bits per heavy atom. The molecule has 1 aromatic rings. The van der Waals surface area contributed by atoms with E-state index in [-0.39, 0.29) is 5.41 Å². The van der Waals surface area contributed by atoms with Gasteiger partial charge < -0.3 is 5.32 Å². The van der Waals surface area contributed by atoms with Crippen LogP contribution in [-0.4, -0.2) is 13.1 Å². The third-order valence-corrected chi connectivity index (χ3v) is 4.14. The lowest BCUT2D eigenvalue weighted by atomic mass is 9.75. The summed E-state index contributed by atoms with van der Waals surface area (Å²) >= 11 is 0. The molecule has 0 bridgehead atoms. The maximum atomic E-state index is 13.9. The van der Waals surface area contributed by atoms with Gasteiger partial charge >= 0.3 is 0 Å². The molecule has 1 unspecified atom stereocenters. The maximum absolute atomic E-state index is 13.9. The molecule has 0 saturated carbocycles. The zero-order chi connectivity index (χ0) is 15.0. The minimum atomic E-state index is -0.506. The van der Waals surface area contributed by atoms with Crippen molar-refractivity contribution < 1.29 is 8.78 Å². The van der Waals surface area contributed by atoms with Crippen molar-refractivity contribution in [2.45, 2.75) is 52.9 Å². The molecule has 0 amide bonds. The van der Waals surface area contributed by atoms with E-state index in [2.05, 4.69) is 26.1 Å². The van der Waals surface area contributed by atoms with E-state index in [9.17, 15) is 8.78 Å². The van der Waals surface area contributed by atoms with E-state index in [0.29, 0.717) is 12.0 Å². The summed E-state index contributed by atoms with van der Waals surface area (Å²) in [5.41, 5.74) is 0.687. The van der Waals surface area contributed by atoms with Gasteiger partial charge in [0.1, 0.15) is 11.6 Å². The number of hydrogen-bond acceptors (Lipinski definition) is 1. The van der Waals surface area contributed by atoms with Crippen LogP contribution in [0.2, 0.25) is 0 Å². The molecule has 0 aromatic heterocycles. The molecular weight excluding hydrogens is 256 g/mol. The van der Waals surface area contributed by atoms with Gasteiger partial charge in [-0.3, -0.25) is 0 Å². The van der Waals surface area contributed by atoms with Gasteiger partial charge in [0.05, 0.1) is 0 Å². The highest BCUT2D eigenvalue weighted by molar-refractivity contribution is 5.20.